The summed E-state index contributed by atoms with van der Waals surface area (Å²) in [6, 6.07) is 15.3. The minimum absolute atomic E-state index is 0.0689. The lowest BCUT2D eigenvalue weighted by molar-refractivity contribution is 0.249. The first kappa shape index (κ1) is 15.9. The Labute approximate surface area is 131 Å². The van der Waals surface area contributed by atoms with Crippen LogP contribution in [0.3, 0.4) is 0 Å². The van der Waals surface area contributed by atoms with Crippen molar-refractivity contribution in [2.45, 2.75) is 26.3 Å². The number of methoxy groups -OCH3 is 1. The standard InChI is InChI=1S/C18H22N2O2/c1-4-14-9-11-15(12-10-14)13(2)19-18(21)20-16-7-5-6-8-17(16)22-3/h5-13H,4H2,1-3H3,(H2,19,20,21)/t13-/m1/s1. The Morgan fingerprint density at radius 1 is 1.14 bits per heavy atom. The number of aryl methyl sites for hydroxylation is 1. The van der Waals surface area contributed by atoms with Gasteiger partial charge in [-0.25, -0.2) is 4.79 Å². The van der Waals surface area contributed by atoms with Crippen LogP contribution in [-0.4, -0.2) is 13.1 Å². The number of ether oxygens (including phenoxy) is 1. The average molecular weight is 298 g/mol. The number of urea groups is 1. The number of benzene rings is 2. The first-order chi connectivity index (χ1) is 10.6. The summed E-state index contributed by atoms with van der Waals surface area (Å²) < 4.78 is 5.22. The fourth-order valence-corrected chi connectivity index (χ4v) is 2.23. The summed E-state index contributed by atoms with van der Waals surface area (Å²) in [7, 11) is 1.58. The van der Waals surface area contributed by atoms with E-state index in [1.54, 1.807) is 13.2 Å². The van der Waals surface area contributed by atoms with E-state index in [2.05, 4.69) is 29.7 Å². The van der Waals surface area contributed by atoms with Gasteiger partial charge in [-0.2, -0.15) is 0 Å². The summed E-state index contributed by atoms with van der Waals surface area (Å²) in [6.07, 6.45) is 1.01. The molecule has 0 fully saturated rings. The lowest BCUT2D eigenvalue weighted by Gasteiger charge is -2.16. The molecule has 0 radical (unpaired) electrons. The number of para-hydroxylation sites is 2. The van der Waals surface area contributed by atoms with Crippen molar-refractivity contribution in [1.29, 1.82) is 0 Å². The van der Waals surface area contributed by atoms with Crippen LogP contribution >= 0.6 is 0 Å². The molecule has 0 aromatic heterocycles. The highest BCUT2D eigenvalue weighted by Gasteiger charge is 2.11. The molecule has 2 aromatic rings. The number of nitrogens with one attached hydrogen (secondary N) is 2. The highest BCUT2D eigenvalue weighted by atomic mass is 16.5. The van der Waals surface area contributed by atoms with Gasteiger partial charge in [-0.3, -0.25) is 0 Å². The molecule has 0 spiro atoms. The molecule has 0 aliphatic carbocycles. The van der Waals surface area contributed by atoms with E-state index in [-0.39, 0.29) is 12.1 Å². The van der Waals surface area contributed by atoms with Gasteiger partial charge in [0, 0.05) is 0 Å². The van der Waals surface area contributed by atoms with Crippen LogP contribution in [0.1, 0.15) is 31.0 Å². The summed E-state index contributed by atoms with van der Waals surface area (Å²) in [5, 5.41) is 5.74. The van der Waals surface area contributed by atoms with Crippen LogP contribution in [0.25, 0.3) is 0 Å². The first-order valence-corrected chi connectivity index (χ1v) is 7.43. The van der Waals surface area contributed by atoms with Gasteiger partial charge in [-0.05, 0) is 36.6 Å². The Morgan fingerprint density at radius 2 is 1.82 bits per heavy atom. The molecule has 22 heavy (non-hydrogen) atoms. The molecule has 116 valence electrons. The van der Waals surface area contributed by atoms with Gasteiger partial charge in [0.2, 0.25) is 0 Å². The van der Waals surface area contributed by atoms with Crippen molar-refractivity contribution in [2.75, 3.05) is 12.4 Å². The summed E-state index contributed by atoms with van der Waals surface area (Å²) in [5.74, 6) is 0.637. The molecule has 4 nitrogen and oxygen atoms in total. The molecule has 0 bridgehead atoms. The summed E-state index contributed by atoms with van der Waals surface area (Å²) in [5.41, 5.74) is 3.01. The predicted octanol–water partition coefficient (Wildman–Crippen LogP) is 4.14. The van der Waals surface area contributed by atoms with E-state index in [1.165, 1.54) is 5.56 Å². The Bertz CT molecular complexity index is 623. The molecule has 0 unspecified atom stereocenters. The molecule has 2 rings (SSSR count). The van der Waals surface area contributed by atoms with Crippen LogP contribution in [0.5, 0.6) is 5.75 Å². The summed E-state index contributed by atoms with van der Waals surface area (Å²) in [4.78, 5) is 12.1. The summed E-state index contributed by atoms with van der Waals surface area (Å²) in [6.45, 7) is 4.08. The highest BCUT2D eigenvalue weighted by molar-refractivity contribution is 5.91. The maximum atomic E-state index is 12.1. The number of amides is 2. The molecular weight excluding hydrogens is 276 g/mol. The van der Waals surface area contributed by atoms with E-state index < -0.39 is 0 Å². The first-order valence-electron chi connectivity index (χ1n) is 7.43. The Balaban J connectivity index is 1.98. The van der Waals surface area contributed by atoms with Crippen LogP contribution in [0.4, 0.5) is 10.5 Å². The number of carbonyl (C=O) groups is 1. The normalized spacial score (nSPS) is 11.6. The third kappa shape index (κ3) is 4.01. The zero-order valence-electron chi connectivity index (χ0n) is 13.2. The van der Waals surface area contributed by atoms with Crippen molar-refractivity contribution in [1.82, 2.24) is 5.32 Å². The van der Waals surface area contributed by atoms with Crippen LogP contribution in [0.15, 0.2) is 48.5 Å². The number of anilines is 1. The van der Waals surface area contributed by atoms with E-state index in [0.29, 0.717) is 11.4 Å². The minimum atomic E-state index is -0.253. The third-order valence-corrected chi connectivity index (χ3v) is 3.59. The molecule has 2 amide bonds. The van der Waals surface area contributed by atoms with Gasteiger partial charge in [-0.15, -0.1) is 0 Å². The van der Waals surface area contributed by atoms with Gasteiger partial charge in [0.25, 0.3) is 0 Å². The van der Waals surface area contributed by atoms with Crippen molar-refractivity contribution in [3.63, 3.8) is 0 Å². The number of carbonyl (C=O) groups excluding carboxylic acids is 1. The van der Waals surface area contributed by atoms with E-state index in [9.17, 15) is 4.79 Å². The van der Waals surface area contributed by atoms with E-state index >= 15 is 0 Å². The Hall–Kier alpha value is -2.49. The fourth-order valence-electron chi connectivity index (χ4n) is 2.23. The molecule has 0 aliphatic heterocycles. The number of rotatable bonds is 5. The zero-order chi connectivity index (χ0) is 15.9. The average Bonchev–Trinajstić information content (AvgIpc) is 2.55. The van der Waals surface area contributed by atoms with Crippen molar-refractivity contribution in [3.05, 3.63) is 59.7 Å². The topological polar surface area (TPSA) is 50.4 Å². The van der Waals surface area contributed by atoms with Gasteiger partial charge < -0.3 is 15.4 Å². The fraction of sp³-hybridized carbons (Fsp3) is 0.278. The highest BCUT2D eigenvalue weighted by Crippen LogP contribution is 2.23. The monoisotopic (exact) mass is 298 g/mol. The van der Waals surface area contributed by atoms with Crippen LogP contribution in [-0.2, 0) is 6.42 Å². The van der Waals surface area contributed by atoms with Crippen LogP contribution in [0.2, 0.25) is 0 Å². The lowest BCUT2D eigenvalue weighted by atomic mass is 10.1. The molecule has 1 atom stereocenters. The minimum Gasteiger partial charge on any atom is -0.495 e. The summed E-state index contributed by atoms with van der Waals surface area (Å²) >= 11 is 0. The number of hydrogen-bond acceptors (Lipinski definition) is 2. The smallest absolute Gasteiger partial charge is 0.319 e. The molecule has 2 aromatic carbocycles. The maximum absolute atomic E-state index is 12.1. The molecule has 4 heteroatoms. The number of hydrogen-bond donors (Lipinski definition) is 2. The van der Waals surface area contributed by atoms with Gasteiger partial charge in [0.15, 0.2) is 0 Å². The second-order valence-electron chi connectivity index (χ2n) is 5.12. The molecule has 2 N–H and O–H groups in total. The van der Waals surface area contributed by atoms with Crippen molar-refractivity contribution in [2.24, 2.45) is 0 Å². The van der Waals surface area contributed by atoms with Crippen LogP contribution < -0.4 is 15.4 Å². The SMILES string of the molecule is CCc1ccc([C@@H](C)NC(=O)Nc2ccccc2OC)cc1. The predicted molar refractivity (Wildman–Crippen MR) is 89.4 cm³/mol. The van der Waals surface area contributed by atoms with Gasteiger partial charge in [0.05, 0.1) is 18.8 Å². The molecule has 0 aliphatic rings. The molecule has 0 saturated heterocycles. The quantitative estimate of drug-likeness (QED) is 0.871. The molecular formula is C18H22N2O2. The van der Waals surface area contributed by atoms with Crippen molar-refractivity contribution < 1.29 is 9.53 Å². The Kier molecular flexibility index (Phi) is 5.42. The second kappa shape index (κ2) is 7.50. The van der Waals surface area contributed by atoms with Crippen molar-refractivity contribution in [3.8, 4) is 5.75 Å². The zero-order valence-corrected chi connectivity index (χ0v) is 13.2. The third-order valence-electron chi connectivity index (χ3n) is 3.59. The van der Waals surface area contributed by atoms with Crippen molar-refractivity contribution >= 4 is 11.7 Å². The van der Waals surface area contributed by atoms with Gasteiger partial charge in [-0.1, -0.05) is 43.3 Å². The van der Waals surface area contributed by atoms with E-state index in [0.717, 1.165) is 12.0 Å². The molecule has 0 heterocycles. The second-order valence-corrected chi connectivity index (χ2v) is 5.12. The van der Waals surface area contributed by atoms with Gasteiger partial charge >= 0.3 is 6.03 Å². The van der Waals surface area contributed by atoms with Gasteiger partial charge in [0.1, 0.15) is 5.75 Å². The van der Waals surface area contributed by atoms with E-state index in [4.69, 9.17) is 4.74 Å². The maximum Gasteiger partial charge on any atom is 0.319 e. The molecule has 0 saturated carbocycles. The van der Waals surface area contributed by atoms with Crippen LogP contribution in [0, 0.1) is 0 Å². The van der Waals surface area contributed by atoms with E-state index in [1.807, 2.05) is 37.3 Å². The Morgan fingerprint density at radius 3 is 2.45 bits per heavy atom. The largest absolute Gasteiger partial charge is 0.495 e. The lowest BCUT2D eigenvalue weighted by Crippen LogP contribution is -2.31.